The monoisotopic (exact) mass is 243 g/mol. The second kappa shape index (κ2) is 6.51. The Bertz CT molecular complexity index is 335. The number of carbonyl (C=O) groups is 1. The molecule has 0 unspecified atom stereocenters. The number of hydrogen-bond acceptors (Lipinski definition) is 2. The van der Waals surface area contributed by atoms with Crippen LogP contribution in [0.15, 0.2) is 24.3 Å². The summed E-state index contributed by atoms with van der Waals surface area (Å²) in [5.41, 5.74) is 7.27. The summed E-state index contributed by atoms with van der Waals surface area (Å²) in [6, 6.07) is 6.76. The van der Waals surface area contributed by atoms with Crippen LogP contribution >= 0.6 is 12.4 Å². The van der Waals surface area contributed by atoms with Gasteiger partial charge in [0.25, 0.3) is 0 Å². The highest BCUT2D eigenvalue weighted by molar-refractivity contribution is 5.87. The second-order valence-electron chi connectivity index (χ2n) is 4.16. The minimum Gasteiger partial charge on any atom is -0.478 e. The predicted octanol–water partition coefficient (Wildman–Crippen LogP) is 2.85. The average Bonchev–Trinajstić information content (AvgIpc) is 2.17. The first kappa shape index (κ1) is 14.9. The van der Waals surface area contributed by atoms with Gasteiger partial charge in [0.15, 0.2) is 0 Å². The van der Waals surface area contributed by atoms with Crippen LogP contribution in [0.3, 0.4) is 0 Å². The van der Waals surface area contributed by atoms with Crippen LogP contribution in [0.4, 0.5) is 0 Å². The summed E-state index contributed by atoms with van der Waals surface area (Å²) >= 11 is 0. The standard InChI is InChI=1S/C12H17NO2.ClH/c1-8(2)7-11(13)9-3-5-10(6-4-9)12(14)15;/h3-6,8,11H,7,13H2,1-2H3,(H,14,15);1H/t11-;/m1./s1. The van der Waals surface area contributed by atoms with Crippen molar-refractivity contribution in [1.29, 1.82) is 0 Å². The quantitative estimate of drug-likeness (QED) is 0.855. The smallest absolute Gasteiger partial charge is 0.335 e. The number of carboxylic acids is 1. The van der Waals surface area contributed by atoms with E-state index in [4.69, 9.17) is 10.8 Å². The maximum atomic E-state index is 10.6. The molecule has 1 atom stereocenters. The molecular weight excluding hydrogens is 226 g/mol. The van der Waals surface area contributed by atoms with Crippen LogP contribution in [0.2, 0.25) is 0 Å². The van der Waals surface area contributed by atoms with Crippen LogP contribution in [-0.4, -0.2) is 11.1 Å². The molecule has 0 bridgehead atoms. The molecular formula is C12H18ClNO2. The number of aromatic carboxylic acids is 1. The summed E-state index contributed by atoms with van der Waals surface area (Å²) in [7, 11) is 0. The van der Waals surface area contributed by atoms with Crippen molar-refractivity contribution in [2.75, 3.05) is 0 Å². The molecule has 0 saturated carbocycles. The van der Waals surface area contributed by atoms with E-state index in [9.17, 15) is 4.79 Å². The lowest BCUT2D eigenvalue weighted by molar-refractivity contribution is 0.0697. The molecule has 0 aliphatic heterocycles. The van der Waals surface area contributed by atoms with Crippen LogP contribution in [-0.2, 0) is 0 Å². The van der Waals surface area contributed by atoms with Crippen LogP contribution < -0.4 is 5.73 Å². The van der Waals surface area contributed by atoms with E-state index in [1.807, 2.05) is 0 Å². The topological polar surface area (TPSA) is 63.3 Å². The first-order chi connectivity index (χ1) is 7.00. The predicted molar refractivity (Wildman–Crippen MR) is 67.0 cm³/mol. The Morgan fingerprint density at radius 1 is 1.31 bits per heavy atom. The first-order valence-electron chi connectivity index (χ1n) is 5.09. The van der Waals surface area contributed by atoms with Crippen molar-refractivity contribution in [3.8, 4) is 0 Å². The third-order valence-corrected chi connectivity index (χ3v) is 2.31. The number of halogens is 1. The highest BCUT2D eigenvalue weighted by atomic mass is 35.5. The third kappa shape index (κ3) is 4.21. The van der Waals surface area contributed by atoms with Gasteiger partial charge < -0.3 is 10.8 Å². The van der Waals surface area contributed by atoms with Gasteiger partial charge in [-0.05, 0) is 30.0 Å². The Hall–Kier alpha value is -1.06. The lowest BCUT2D eigenvalue weighted by Crippen LogP contribution is -2.13. The summed E-state index contributed by atoms with van der Waals surface area (Å²) in [4.78, 5) is 10.6. The van der Waals surface area contributed by atoms with Crippen LogP contribution in [0.1, 0.15) is 42.2 Å². The minimum absolute atomic E-state index is 0. The molecule has 0 spiro atoms. The molecule has 3 N–H and O–H groups in total. The van der Waals surface area contributed by atoms with Gasteiger partial charge in [-0.15, -0.1) is 12.4 Å². The molecule has 4 heteroatoms. The van der Waals surface area contributed by atoms with Gasteiger partial charge in [-0.25, -0.2) is 4.79 Å². The Kier molecular flexibility index (Phi) is 6.08. The van der Waals surface area contributed by atoms with Gasteiger partial charge in [-0.2, -0.15) is 0 Å². The summed E-state index contributed by atoms with van der Waals surface area (Å²) in [5, 5.41) is 8.73. The fourth-order valence-corrected chi connectivity index (χ4v) is 1.52. The van der Waals surface area contributed by atoms with Crippen molar-refractivity contribution in [1.82, 2.24) is 0 Å². The molecule has 16 heavy (non-hydrogen) atoms. The zero-order chi connectivity index (χ0) is 11.4. The molecule has 0 aliphatic rings. The fraction of sp³-hybridized carbons (Fsp3) is 0.417. The van der Waals surface area contributed by atoms with Crippen molar-refractivity contribution in [3.63, 3.8) is 0 Å². The molecule has 0 saturated heterocycles. The average molecular weight is 244 g/mol. The van der Waals surface area contributed by atoms with Gasteiger partial charge in [0.05, 0.1) is 5.56 Å². The number of nitrogens with two attached hydrogens (primary N) is 1. The van der Waals surface area contributed by atoms with Crippen molar-refractivity contribution < 1.29 is 9.90 Å². The molecule has 1 aromatic carbocycles. The van der Waals surface area contributed by atoms with Gasteiger partial charge in [0.1, 0.15) is 0 Å². The molecule has 1 aromatic rings. The Balaban J connectivity index is 0.00000225. The zero-order valence-corrected chi connectivity index (χ0v) is 10.3. The van der Waals surface area contributed by atoms with E-state index in [-0.39, 0.29) is 18.4 Å². The van der Waals surface area contributed by atoms with Crippen molar-refractivity contribution in [2.45, 2.75) is 26.3 Å². The van der Waals surface area contributed by atoms with Gasteiger partial charge in [-0.1, -0.05) is 26.0 Å². The molecule has 0 aromatic heterocycles. The van der Waals surface area contributed by atoms with E-state index in [2.05, 4.69) is 13.8 Å². The molecule has 0 amide bonds. The third-order valence-electron chi connectivity index (χ3n) is 2.31. The van der Waals surface area contributed by atoms with Gasteiger partial charge >= 0.3 is 5.97 Å². The Morgan fingerprint density at radius 2 is 1.81 bits per heavy atom. The maximum Gasteiger partial charge on any atom is 0.335 e. The summed E-state index contributed by atoms with van der Waals surface area (Å²) in [6.07, 6.45) is 0.909. The van der Waals surface area contributed by atoms with E-state index >= 15 is 0 Å². The van der Waals surface area contributed by atoms with Crippen LogP contribution in [0.5, 0.6) is 0 Å². The van der Waals surface area contributed by atoms with E-state index in [1.165, 1.54) is 0 Å². The SMILES string of the molecule is CC(C)C[C@@H](N)c1ccc(C(=O)O)cc1.Cl. The highest BCUT2D eigenvalue weighted by Gasteiger charge is 2.09. The summed E-state index contributed by atoms with van der Waals surface area (Å²) in [6.45, 7) is 4.23. The number of rotatable bonds is 4. The van der Waals surface area contributed by atoms with E-state index in [0.29, 0.717) is 11.5 Å². The zero-order valence-electron chi connectivity index (χ0n) is 9.51. The fourth-order valence-electron chi connectivity index (χ4n) is 1.52. The van der Waals surface area contributed by atoms with Gasteiger partial charge in [0, 0.05) is 6.04 Å². The number of benzene rings is 1. The van der Waals surface area contributed by atoms with Crippen molar-refractivity contribution in [3.05, 3.63) is 35.4 Å². The molecule has 0 radical (unpaired) electrons. The van der Waals surface area contributed by atoms with Crippen LogP contribution in [0, 0.1) is 5.92 Å². The Morgan fingerprint density at radius 3 is 2.19 bits per heavy atom. The lowest BCUT2D eigenvalue weighted by atomic mass is 9.97. The van der Waals surface area contributed by atoms with Gasteiger partial charge in [0.2, 0.25) is 0 Å². The molecule has 3 nitrogen and oxygen atoms in total. The largest absolute Gasteiger partial charge is 0.478 e. The normalized spacial score (nSPS) is 12.0. The van der Waals surface area contributed by atoms with Crippen LogP contribution in [0.25, 0.3) is 0 Å². The number of carboxylic acid groups (broad SMARTS) is 1. The Labute approximate surface area is 102 Å². The van der Waals surface area contributed by atoms with E-state index in [0.717, 1.165) is 12.0 Å². The highest BCUT2D eigenvalue weighted by Crippen LogP contribution is 2.18. The molecule has 0 fully saturated rings. The minimum atomic E-state index is -0.904. The molecule has 90 valence electrons. The number of hydrogen-bond donors (Lipinski definition) is 2. The summed E-state index contributed by atoms with van der Waals surface area (Å²) in [5.74, 6) is -0.363. The lowest BCUT2D eigenvalue weighted by Gasteiger charge is -2.14. The first-order valence-corrected chi connectivity index (χ1v) is 5.09. The second-order valence-corrected chi connectivity index (χ2v) is 4.16. The maximum absolute atomic E-state index is 10.6. The molecule has 1 rings (SSSR count). The van der Waals surface area contributed by atoms with E-state index < -0.39 is 5.97 Å². The molecule has 0 heterocycles. The van der Waals surface area contributed by atoms with Crippen molar-refractivity contribution >= 4 is 18.4 Å². The van der Waals surface area contributed by atoms with Crippen molar-refractivity contribution in [2.24, 2.45) is 11.7 Å². The van der Waals surface area contributed by atoms with E-state index in [1.54, 1.807) is 24.3 Å². The summed E-state index contributed by atoms with van der Waals surface area (Å²) < 4.78 is 0. The van der Waals surface area contributed by atoms with Gasteiger partial charge in [-0.3, -0.25) is 0 Å². The molecule has 0 aliphatic carbocycles.